The third-order valence-corrected chi connectivity index (χ3v) is 5.03. The van der Waals surface area contributed by atoms with E-state index >= 15 is 0 Å². The molecule has 0 bridgehead atoms. The molecule has 2 aliphatic rings. The molecule has 1 heterocycles. The van der Waals surface area contributed by atoms with Crippen LogP contribution >= 0.6 is 0 Å². The summed E-state index contributed by atoms with van der Waals surface area (Å²) < 4.78 is 0. The van der Waals surface area contributed by atoms with Crippen molar-refractivity contribution in [2.45, 2.75) is 51.9 Å². The van der Waals surface area contributed by atoms with E-state index in [-0.39, 0.29) is 17.9 Å². The van der Waals surface area contributed by atoms with E-state index in [1.165, 1.54) is 6.42 Å². The summed E-state index contributed by atoms with van der Waals surface area (Å²) in [6.07, 6.45) is 6.44. The maximum absolute atomic E-state index is 12.1. The molecule has 1 aliphatic heterocycles. The number of carbonyl (C=O) groups is 2. The minimum atomic E-state index is -0.761. The Labute approximate surface area is 120 Å². The van der Waals surface area contributed by atoms with Crippen LogP contribution in [0.2, 0.25) is 0 Å². The summed E-state index contributed by atoms with van der Waals surface area (Å²) in [4.78, 5) is 24.9. The lowest BCUT2D eigenvalue weighted by molar-refractivity contribution is -0.141. The Morgan fingerprint density at radius 1 is 1.30 bits per heavy atom. The largest absolute Gasteiger partial charge is 0.481 e. The zero-order valence-electron chi connectivity index (χ0n) is 12.4. The number of hydrogen-bond donors (Lipinski definition) is 2. The van der Waals surface area contributed by atoms with Crippen LogP contribution < -0.4 is 5.32 Å². The number of carbonyl (C=O) groups excluding carboxylic acids is 1. The van der Waals surface area contributed by atoms with Crippen molar-refractivity contribution in [3.05, 3.63) is 0 Å². The molecule has 2 rings (SSSR count). The van der Waals surface area contributed by atoms with Gasteiger partial charge in [0.05, 0.1) is 6.42 Å². The van der Waals surface area contributed by atoms with E-state index in [1.807, 2.05) is 4.90 Å². The molecule has 5 nitrogen and oxygen atoms in total. The SMILES string of the molecule is CCC1CCN(C(=O)NCC2(CC(=O)O)CCC2)CC1. The summed E-state index contributed by atoms with van der Waals surface area (Å²) in [5.41, 5.74) is -0.191. The fourth-order valence-corrected chi connectivity index (χ4v) is 3.33. The van der Waals surface area contributed by atoms with Crippen LogP contribution in [0.4, 0.5) is 4.79 Å². The lowest BCUT2D eigenvalue weighted by atomic mass is 9.66. The summed E-state index contributed by atoms with van der Waals surface area (Å²) >= 11 is 0. The first-order valence-electron chi connectivity index (χ1n) is 7.79. The van der Waals surface area contributed by atoms with Crippen molar-refractivity contribution in [3.63, 3.8) is 0 Å². The molecule has 0 spiro atoms. The molecule has 1 saturated carbocycles. The third-order valence-electron chi connectivity index (χ3n) is 5.03. The highest BCUT2D eigenvalue weighted by Crippen LogP contribution is 2.43. The number of aliphatic carboxylic acids is 1. The molecule has 0 aromatic heterocycles. The first-order chi connectivity index (χ1) is 9.54. The van der Waals surface area contributed by atoms with Crippen LogP contribution in [-0.2, 0) is 4.79 Å². The number of carboxylic acid groups (broad SMARTS) is 1. The first-order valence-corrected chi connectivity index (χ1v) is 7.79. The molecule has 114 valence electrons. The number of carboxylic acids is 1. The van der Waals surface area contributed by atoms with Crippen molar-refractivity contribution in [3.8, 4) is 0 Å². The van der Waals surface area contributed by atoms with Gasteiger partial charge in [0.25, 0.3) is 0 Å². The van der Waals surface area contributed by atoms with Gasteiger partial charge in [-0.3, -0.25) is 4.79 Å². The van der Waals surface area contributed by atoms with Gasteiger partial charge in [-0.25, -0.2) is 4.79 Å². The Hall–Kier alpha value is -1.26. The van der Waals surface area contributed by atoms with Crippen LogP contribution in [-0.4, -0.2) is 41.6 Å². The minimum Gasteiger partial charge on any atom is -0.481 e. The molecule has 1 saturated heterocycles. The van der Waals surface area contributed by atoms with Gasteiger partial charge in [0, 0.05) is 19.6 Å². The Bertz CT molecular complexity index is 358. The number of likely N-dealkylation sites (tertiary alicyclic amines) is 1. The van der Waals surface area contributed by atoms with E-state index in [1.54, 1.807) is 0 Å². The summed E-state index contributed by atoms with van der Waals surface area (Å²) in [6, 6.07) is -0.0174. The third kappa shape index (κ3) is 3.64. The van der Waals surface area contributed by atoms with E-state index in [4.69, 9.17) is 5.11 Å². The Kier molecular flexibility index (Phi) is 4.89. The minimum absolute atomic E-state index is 0.0174. The van der Waals surface area contributed by atoms with E-state index < -0.39 is 5.97 Å². The van der Waals surface area contributed by atoms with Crippen molar-refractivity contribution in [2.75, 3.05) is 19.6 Å². The number of rotatable bonds is 5. The van der Waals surface area contributed by atoms with Gasteiger partial charge in [-0.1, -0.05) is 19.8 Å². The highest BCUT2D eigenvalue weighted by atomic mass is 16.4. The summed E-state index contributed by atoms with van der Waals surface area (Å²) in [6.45, 7) is 4.37. The summed E-state index contributed by atoms with van der Waals surface area (Å²) in [5, 5.41) is 11.9. The number of urea groups is 1. The molecule has 5 heteroatoms. The van der Waals surface area contributed by atoms with Crippen molar-refractivity contribution < 1.29 is 14.7 Å². The van der Waals surface area contributed by atoms with Gasteiger partial charge in [-0.05, 0) is 37.0 Å². The summed E-state index contributed by atoms with van der Waals surface area (Å²) in [5.74, 6) is -0.00764. The molecule has 2 N–H and O–H groups in total. The van der Waals surface area contributed by atoms with Crippen LogP contribution in [0.25, 0.3) is 0 Å². The zero-order valence-corrected chi connectivity index (χ0v) is 12.4. The summed E-state index contributed by atoms with van der Waals surface area (Å²) in [7, 11) is 0. The van der Waals surface area contributed by atoms with Crippen LogP contribution in [0.15, 0.2) is 0 Å². The van der Waals surface area contributed by atoms with Crippen molar-refractivity contribution in [2.24, 2.45) is 11.3 Å². The Morgan fingerprint density at radius 2 is 1.95 bits per heavy atom. The number of hydrogen-bond acceptors (Lipinski definition) is 2. The maximum atomic E-state index is 12.1. The lowest BCUT2D eigenvalue weighted by Crippen LogP contribution is -2.49. The van der Waals surface area contributed by atoms with Gasteiger partial charge < -0.3 is 15.3 Å². The fourth-order valence-electron chi connectivity index (χ4n) is 3.33. The average molecular weight is 282 g/mol. The van der Waals surface area contributed by atoms with Crippen molar-refractivity contribution in [1.29, 1.82) is 0 Å². The molecule has 0 aromatic rings. The standard InChI is InChI=1S/C15H26N2O3/c1-2-12-4-8-17(9-5-12)14(20)16-11-15(6-3-7-15)10-13(18)19/h12H,2-11H2,1H3,(H,16,20)(H,18,19). The quantitative estimate of drug-likeness (QED) is 0.814. The molecular weight excluding hydrogens is 256 g/mol. The maximum Gasteiger partial charge on any atom is 0.317 e. The van der Waals surface area contributed by atoms with Crippen LogP contribution in [0.5, 0.6) is 0 Å². The predicted octanol–water partition coefficient (Wildman–Crippen LogP) is 2.46. The fraction of sp³-hybridized carbons (Fsp3) is 0.867. The molecule has 2 fully saturated rings. The van der Waals surface area contributed by atoms with E-state index in [2.05, 4.69) is 12.2 Å². The number of amides is 2. The predicted molar refractivity (Wildman–Crippen MR) is 76.5 cm³/mol. The van der Waals surface area contributed by atoms with E-state index in [0.717, 1.165) is 51.1 Å². The van der Waals surface area contributed by atoms with Crippen molar-refractivity contribution >= 4 is 12.0 Å². The van der Waals surface area contributed by atoms with Gasteiger partial charge in [0.1, 0.15) is 0 Å². The highest BCUT2D eigenvalue weighted by molar-refractivity contribution is 5.74. The van der Waals surface area contributed by atoms with Gasteiger partial charge in [0.2, 0.25) is 0 Å². The Morgan fingerprint density at radius 3 is 2.40 bits per heavy atom. The molecule has 1 aliphatic carbocycles. The monoisotopic (exact) mass is 282 g/mol. The molecule has 0 unspecified atom stereocenters. The molecule has 0 atom stereocenters. The first kappa shape index (κ1) is 15.1. The zero-order chi connectivity index (χ0) is 14.6. The number of nitrogens with zero attached hydrogens (tertiary/aromatic N) is 1. The normalized spacial score (nSPS) is 22.1. The van der Waals surface area contributed by atoms with Crippen LogP contribution in [0.3, 0.4) is 0 Å². The average Bonchev–Trinajstić information content (AvgIpc) is 2.41. The number of piperidine rings is 1. The van der Waals surface area contributed by atoms with Gasteiger partial charge in [0.15, 0.2) is 0 Å². The van der Waals surface area contributed by atoms with Crippen LogP contribution in [0.1, 0.15) is 51.9 Å². The lowest BCUT2D eigenvalue weighted by Gasteiger charge is -2.41. The molecular formula is C15H26N2O3. The Balaban J connectivity index is 1.76. The second-order valence-corrected chi connectivity index (χ2v) is 6.42. The van der Waals surface area contributed by atoms with Gasteiger partial charge >= 0.3 is 12.0 Å². The van der Waals surface area contributed by atoms with Crippen LogP contribution in [0, 0.1) is 11.3 Å². The molecule has 2 amide bonds. The molecule has 0 radical (unpaired) electrons. The van der Waals surface area contributed by atoms with E-state index in [0.29, 0.717) is 6.54 Å². The topological polar surface area (TPSA) is 69.6 Å². The second kappa shape index (κ2) is 6.46. The number of nitrogens with one attached hydrogen (secondary N) is 1. The van der Waals surface area contributed by atoms with Crippen molar-refractivity contribution in [1.82, 2.24) is 10.2 Å². The highest BCUT2D eigenvalue weighted by Gasteiger charge is 2.39. The second-order valence-electron chi connectivity index (χ2n) is 6.42. The smallest absolute Gasteiger partial charge is 0.317 e. The van der Waals surface area contributed by atoms with Gasteiger partial charge in [-0.15, -0.1) is 0 Å². The molecule has 20 heavy (non-hydrogen) atoms. The van der Waals surface area contributed by atoms with Gasteiger partial charge in [-0.2, -0.15) is 0 Å². The molecule has 0 aromatic carbocycles. The van der Waals surface area contributed by atoms with E-state index in [9.17, 15) is 9.59 Å².